The molecule has 0 aliphatic carbocycles. The van der Waals surface area contributed by atoms with E-state index in [0.717, 1.165) is 16.7 Å². The molecule has 0 amide bonds. The van der Waals surface area contributed by atoms with Gasteiger partial charge in [-0.05, 0) is 42.0 Å². The molecule has 170 valence electrons. The summed E-state index contributed by atoms with van der Waals surface area (Å²) in [6.07, 6.45) is 0. The molecule has 4 rings (SSSR count). The number of halogens is 3. The summed E-state index contributed by atoms with van der Waals surface area (Å²) in [4.78, 5) is 0. The lowest BCUT2D eigenvalue weighted by Crippen LogP contribution is -2.16. The minimum Gasteiger partial charge on any atom is -0.493 e. The molecule has 4 aromatic rings. The number of methoxy groups -OCH3 is 1. The first-order valence-corrected chi connectivity index (χ1v) is 11.4. The van der Waals surface area contributed by atoms with Gasteiger partial charge in [-0.15, -0.1) is 0 Å². The Bertz CT molecular complexity index is 1330. The molecule has 0 atom stereocenters. The van der Waals surface area contributed by atoms with Crippen LogP contribution in [0.4, 0.5) is 0 Å². The van der Waals surface area contributed by atoms with Gasteiger partial charge in [-0.25, -0.2) is 9.77 Å². The zero-order valence-corrected chi connectivity index (χ0v) is 20.5. The average Bonchev–Trinajstić information content (AvgIpc) is 3.18. The van der Waals surface area contributed by atoms with Crippen LogP contribution in [-0.2, 0) is 13.2 Å². The van der Waals surface area contributed by atoms with E-state index in [1.165, 1.54) is 0 Å². The van der Waals surface area contributed by atoms with Crippen LogP contribution in [0.2, 0.25) is 15.1 Å². The van der Waals surface area contributed by atoms with Crippen molar-refractivity contribution < 1.29 is 9.47 Å². The van der Waals surface area contributed by atoms with E-state index in [0.29, 0.717) is 43.7 Å². The number of hydrogen-bond donors (Lipinski definition) is 2. The van der Waals surface area contributed by atoms with E-state index >= 15 is 0 Å². The van der Waals surface area contributed by atoms with Crippen molar-refractivity contribution in [3.8, 4) is 22.9 Å². The normalized spacial score (nSPS) is 10.8. The maximum Gasteiger partial charge on any atom is 0.214 e. The van der Waals surface area contributed by atoms with Crippen molar-refractivity contribution in [2.45, 2.75) is 13.2 Å². The highest BCUT2D eigenvalue weighted by Crippen LogP contribution is 2.37. The van der Waals surface area contributed by atoms with E-state index in [2.05, 4.69) is 15.6 Å². The number of aromatic amines is 1. The quantitative estimate of drug-likeness (QED) is 0.247. The summed E-state index contributed by atoms with van der Waals surface area (Å²) in [5, 5.41) is 8.63. The SMILES string of the molecule is COc1cc(CNn2c(-c3ccccc3)n[nH]c2=S)cc(Cl)c1OCc1ccc(Cl)cc1Cl. The third-order valence-corrected chi connectivity index (χ3v) is 5.96. The summed E-state index contributed by atoms with van der Waals surface area (Å²) in [5.41, 5.74) is 5.86. The smallest absolute Gasteiger partial charge is 0.214 e. The van der Waals surface area contributed by atoms with Gasteiger partial charge in [-0.1, -0.05) is 71.2 Å². The zero-order chi connectivity index (χ0) is 23.4. The van der Waals surface area contributed by atoms with Crippen molar-refractivity contribution in [3.05, 3.63) is 91.6 Å². The molecule has 0 fully saturated rings. The fourth-order valence-electron chi connectivity index (χ4n) is 3.20. The van der Waals surface area contributed by atoms with Crippen LogP contribution in [0.25, 0.3) is 11.4 Å². The van der Waals surface area contributed by atoms with Crippen LogP contribution in [0.1, 0.15) is 11.1 Å². The van der Waals surface area contributed by atoms with Crippen LogP contribution in [0.5, 0.6) is 11.5 Å². The van der Waals surface area contributed by atoms with Crippen molar-refractivity contribution in [2.75, 3.05) is 12.5 Å². The summed E-state index contributed by atoms with van der Waals surface area (Å²) >= 11 is 24.1. The average molecular weight is 522 g/mol. The highest BCUT2D eigenvalue weighted by Gasteiger charge is 2.14. The lowest BCUT2D eigenvalue weighted by Gasteiger charge is -2.16. The van der Waals surface area contributed by atoms with E-state index < -0.39 is 0 Å². The highest BCUT2D eigenvalue weighted by atomic mass is 35.5. The van der Waals surface area contributed by atoms with Gasteiger partial charge in [-0.2, -0.15) is 5.10 Å². The Balaban J connectivity index is 1.52. The third-order valence-electron chi connectivity index (χ3n) is 4.82. The molecule has 0 bridgehead atoms. The lowest BCUT2D eigenvalue weighted by atomic mass is 10.2. The van der Waals surface area contributed by atoms with E-state index in [4.69, 9.17) is 56.5 Å². The Morgan fingerprint density at radius 1 is 1.03 bits per heavy atom. The van der Waals surface area contributed by atoms with Gasteiger partial charge in [0.1, 0.15) is 6.61 Å². The molecule has 1 aromatic heterocycles. The Morgan fingerprint density at radius 2 is 1.82 bits per heavy atom. The van der Waals surface area contributed by atoms with Gasteiger partial charge in [0.05, 0.1) is 18.7 Å². The monoisotopic (exact) mass is 520 g/mol. The minimum absolute atomic E-state index is 0.217. The number of ether oxygens (including phenoxy) is 2. The first-order chi connectivity index (χ1) is 16.0. The first kappa shape index (κ1) is 23.4. The summed E-state index contributed by atoms with van der Waals surface area (Å²) in [7, 11) is 1.56. The molecule has 10 heteroatoms. The summed E-state index contributed by atoms with van der Waals surface area (Å²) in [6.45, 7) is 0.640. The fraction of sp³-hybridized carbons (Fsp3) is 0.130. The van der Waals surface area contributed by atoms with Crippen molar-refractivity contribution in [2.24, 2.45) is 0 Å². The van der Waals surface area contributed by atoms with Crippen molar-refractivity contribution in [1.29, 1.82) is 0 Å². The number of nitrogens with one attached hydrogen (secondary N) is 2. The second kappa shape index (κ2) is 10.5. The third kappa shape index (κ3) is 5.45. The van der Waals surface area contributed by atoms with Gasteiger partial charge in [0.2, 0.25) is 4.77 Å². The first-order valence-electron chi connectivity index (χ1n) is 9.86. The van der Waals surface area contributed by atoms with Crippen LogP contribution in [0.15, 0.2) is 60.7 Å². The molecular weight excluding hydrogens is 503 g/mol. The van der Waals surface area contributed by atoms with Gasteiger partial charge in [0.25, 0.3) is 0 Å². The van der Waals surface area contributed by atoms with Crippen LogP contribution >= 0.6 is 47.0 Å². The summed E-state index contributed by atoms with van der Waals surface area (Å²) < 4.78 is 13.6. The van der Waals surface area contributed by atoms with E-state index in [1.54, 1.807) is 23.9 Å². The number of nitrogens with zero attached hydrogens (tertiary/aromatic N) is 2. The second-order valence-electron chi connectivity index (χ2n) is 7.02. The van der Waals surface area contributed by atoms with Crippen LogP contribution in [-0.4, -0.2) is 22.0 Å². The lowest BCUT2D eigenvalue weighted by molar-refractivity contribution is 0.284. The highest BCUT2D eigenvalue weighted by molar-refractivity contribution is 7.71. The molecule has 33 heavy (non-hydrogen) atoms. The van der Waals surface area contributed by atoms with E-state index in [1.807, 2.05) is 48.5 Å². The van der Waals surface area contributed by atoms with Gasteiger partial charge in [0, 0.05) is 21.2 Å². The Kier molecular flexibility index (Phi) is 7.45. The standard InChI is InChI=1S/C23H19Cl3N4O2S/c1-31-20-10-14(9-19(26)21(20)32-13-16-7-8-17(24)11-18(16)25)12-27-30-22(28-29-23(30)33)15-5-3-2-4-6-15/h2-11,27H,12-13H2,1H3,(H,29,33). The molecule has 0 unspecified atom stereocenters. The molecule has 1 heterocycles. The molecule has 0 spiro atoms. The van der Waals surface area contributed by atoms with Gasteiger partial charge in [-0.3, -0.25) is 0 Å². The Morgan fingerprint density at radius 3 is 2.55 bits per heavy atom. The van der Waals surface area contributed by atoms with Crippen LogP contribution in [0, 0.1) is 4.77 Å². The number of benzene rings is 3. The fourth-order valence-corrected chi connectivity index (χ4v) is 4.15. The molecule has 0 saturated heterocycles. The number of H-pyrrole nitrogens is 1. The molecule has 0 saturated carbocycles. The van der Waals surface area contributed by atoms with E-state index in [-0.39, 0.29) is 6.61 Å². The summed E-state index contributed by atoms with van der Waals surface area (Å²) in [6, 6.07) is 18.6. The van der Waals surface area contributed by atoms with Crippen molar-refractivity contribution >= 4 is 47.0 Å². The summed E-state index contributed by atoms with van der Waals surface area (Å²) in [5.74, 6) is 1.61. The molecule has 0 aliphatic rings. The van der Waals surface area contributed by atoms with Gasteiger partial charge < -0.3 is 14.9 Å². The maximum atomic E-state index is 6.53. The minimum atomic E-state index is 0.217. The van der Waals surface area contributed by atoms with Crippen LogP contribution < -0.4 is 14.9 Å². The predicted octanol–water partition coefficient (Wildman–Crippen LogP) is 6.90. The maximum absolute atomic E-state index is 6.53. The van der Waals surface area contributed by atoms with E-state index in [9.17, 15) is 0 Å². The molecule has 0 radical (unpaired) electrons. The van der Waals surface area contributed by atoms with Gasteiger partial charge in [0.15, 0.2) is 17.3 Å². The molecular formula is C23H19Cl3N4O2S. The topological polar surface area (TPSA) is 64.1 Å². The van der Waals surface area contributed by atoms with Crippen LogP contribution in [0.3, 0.4) is 0 Å². The predicted molar refractivity (Wildman–Crippen MR) is 135 cm³/mol. The molecule has 0 aliphatic heterocycles. The number of aromatic nitrogens is 3. The Labute approximate surface area is 211 Å². The Hall–Kier alpha value is -2.71. The number of rotatable bonds is 8. The largest absolute Gasteiger partial charge is 0.493 e. The second-order valence-corrected chi connectivity index (χ2v) is 8.66. The number of hydrogen-bond acceptors (Lipinski definition) is 5. The molecule has 3 aromatic carbocycles. The van der Waals surface area contributed by atoms with Crippen molar-refractivity contribution in [3.63, 3.8) is 0 Å². The molecule has 2 N–H and O–H groups in total. The molecule has 6 nitrogen and oxygen atoms in total. The van der Waals surface area contributed by atoms with Crippen molar-refractivity contribution in [1.82, 2.24) is 14.9 Å². The van der Waals surface area contributed by atoms with Gasteiger partial charge >= 0.3 is 0 Å². The zero-order valence-electron chi connectivity index (χ0n) is 17.4.